The predicted molar refractivity (Wildman–Crippen MR) is 61.9 cm³/mol. The number of ether oxygens (including phenoxy) is 1. The first-order chi connectivity index (χ1) is 8.07. The molecule has 1 rings (SSSR count). The highest BCUT2D eigenvalue weighted by molar-refractivity contribution is 5.83. The van der Waals surface area contributed by atoms with Crippen LogP contribution in [0.3, 0.4) is 0 Å². The number of hydrogen-bond donors (Lipinski definition) is 1. The average molecular weight is 244 g/mol. The number of nitrogens with zero attached hydrogens (tertiary/aromatic N) is 2. The molecule has 1 N–H and O–H groups in total. The number of amides is 2. The van der Waals surface area contributed by atoms with Gasteiger partial charge in [0.2, 0.25) is 0 Å². The monoisotopic (exact) mass is 244 g/mol. The second kappa shape index (κ2) is 6.44. The molecular weight excluding hydrogens is 224 g/mol. The minimum absolute atomic E-state index is 0.227. The molecule has 2 amide bonds. The van der Waals surface area contributed by atoms with Crippen molar-refractivity contribution in [1.29, 1.82) is 0 Å². The van der Waals surface area contributed by atoms with Gasteiger partial charge in [0.25, 0.3) is 0 Å². The minimum atomic E-state index is -0.922. The van der Waals surface area contributed by atoms with Gasteiger partial charge in [-0.3, -0.25) is 0 Å². The summed E-state index contributed by atoms with van der Waals surface area (Å²) in [4.78, 5) is 25.9. The highest BCUT2D eigenvalue weighted by Crippen LogP contribution is 2.18. The Bertz CT molecular complexity index is 283. The fourth-order valence-corrected chi connectivity index (χ4v) is 1.91. The van der Waals surface area contributed by atoms with Gasteiger partial charge < -0.3 is 19.6 Å². The molecule has 0 aromatic heterocycles. The summed E-state index contributed by atoms with van der Waals surface area (Å²) in [6, 6.07) is -0.897. The number of rotatable bonds is 5. The lowest BCUT2D eigenvalue weighted by Crippen LogP contribution is -2.47. The summed E-state index contributed by atoms with van der Waals surface area (Å²) in [5, 5.41) is 8.99. The second-order valence-electron chi connectivity index (χ2n) is 4.09. The smallest absolute Gasteiger partial charge is 0.326 e. The third-order valence-corrected chi connectivity index (χ3v) is 2.89. The molecule has 6 heteroatoms. The van der Waals surface area contributed by atoms with Crippen LogP contribution in [-0.4, -0.2) is 66.3 Å². The van der Waals surface area contributed by atoms with Crippen molar-refractivity contribution in [3.8, 4) is 0 Å². The molecule has 0 bridgehead atoms. The molecule has 0 aliphatic carbocycles. The van der Waals surface area contributed by atoms with Crippen LogP contribution in [0.1, 0.15) is 19.8 Å². The third-order valence-electron chi connectivity index (χ3n) is 2.89. The Morgan fingerprint density at radius 3 is 2.82 bits per heavy atom. The third kappa shape index (κ3) is 3.59. The van der Waals surface area contributed by atoms with Gasteiger partial charge in [-0.15, -0.1) is 0 Å². The number of urea groups is 1. The summed E-state index contributed by atoms with van der Waals surface area (Å²) in [5.74, 6) is -0.922. The normalized spacial score (nSPS) is 19.4. The molecular formula is C11H20N2O4. The first-order valence-corrected chi connectivity index (χ1v) is 5.90. The van der Waals surface area contributed by atoms with E-state index < -0.39 is 12.0 Å². The molecule has 0 aromatic rings. The number of likely N-dealkylation sites (tertiary alicyclic amines) is 1. The highest BCUT2D eigenvalue weighted by atomic mass is 16.5. The Kier molecular flexibility index (Phi) is 5.21. The van der Waals surface area contributed by atoms with Gasteiger partial charge in [-0.05, 0) is 19.8 Å². The van der Waals surface area contributed by atoms with Gasteiger partial charge in [-0.1, -0.05) is 0 Å². The summed E-state index contributed by atoms with van der Waals surface area (Å²) < 4.78 is 5.16. The number of carboxylic acids is 1. The SMILES string of the molecule is CCOCCN(C)C(=O)N1CCCC1C(=O)O. The second-order valence-corrected chi connectivity index (χ2v) is 4.09. The van der Waals surface area contributed by atoms with Crippen molar-refractivity contribution >= 4 is 12.0 Å². The van der Waals surface area contributed by atoms with Gasteiger partial charge in [-0.2, -0.15) is 0 Å². The Balaban J connectivity index is 2.47. The number of carboxylic acid groups (broad SMARTS) is 1. The lowest BCUT2D eigenvalue weighted by atomic mass is 10.2. The van der Waals surface area contributed by atoms with Gasteiger partial charge >= 0.3 is 12.0 Å². The molecule has 1 unspecified atom stereocenters. The van der Waals surface area contributed by atoms with Crippen LogP contribution in [0.2, 0.25) is 0 Å². The zero-order valence-electron chi connectivity index (χ0n) is 10.4. The van der Waals surface area contributed by atoms with Crippen LogP contribution >= 0.6 is 0 Å². The van der Waals surface area contributed by atoms with E-state index in [9.17, 15) is 9.59 Å². The summed E-state index contributed by atoms with van der Waals surface area (Å²) >= 11 is 0. The summed E-state index contributed by atoms with van der Waals surface area (Å²) in [6.45, 7) is 3.99. The van der Waals surface area contributed by atoms with Crippen molar-refractivity contribution in [2.24, 2.45) is 0 Å². The van der Waals surface area contributed by atoms with Crippen molar-refractivity contribution in [1.82, 2.24) is 9.80 Å². The van der Waals surface area contributed by atoms with Gasteiger partial charge in [0.05, 0.1) is 6.61 Å². The fourth-order valence-electron chi connectivity index (χ4n) is 1.91. The molecule has 98 valence electrons. The topological polar surface area (TPSA) is 70.1 Å². The lowest BCUT2D eigenvalue weighted by molar-refractivity contribution is -0.141. The Labute approximate surface area is 101 Å². The minimum Gasteiger partial charge on any atom is -0.480 e. The quantitative estimate of drug-likeness (QED) is 0.720. The van der Waals surface area contributed by atoms with E-state index >= 15 is 0 Å². The van der Waals surface area contributed by atoms with Crippen LogP contribution < -0.4 is 0 Å². The van der Waals surface area contributed by atoms with E-state index in [1.165, 1.54) is 9.80 Å². The molecule has 1 aliphatic heterocycles. The molecule has 1 heterocycles. The van der Waals surface area contributed by atoms with Gasteiger partial charge in [0.1, 0.15) is 6.04 Å². The highest BCUT2D eigenvalue weighted by Gasteiger charge is 2.35. The maximum Gasteiger partial charge on any atom is 0.326 e. The van der Waals surface area contributed by atoms with Crippen molar-refractivity contribution in [3.05, 3.63) is 0 Å². The largest absolute Gasteiger partial charge is 0.480 e. The Hall–Kier alpha value is -1.30. The van der Waals surface area contributed by atoms with Crippen LogP contribution in [0.5, 0.6) is 0 Å². The molecule has 17 heavy (non-hydrogen) atoms. The standard InChI is InChI=1S/C11H20N2O4/c1-3-17-8-7-12(2)11(16)13-6-4-5-9(13)10(14)15/h9H,3-8H2,1-2H3,(H,14,15). The molecule has 0 radical (unpaired) electrons. The van der Waals surface area contributed by atoms with Crippen molar-refractivity contribution in [2.45, 2.75) is 25.8 Å². The van der Waals surface area contributed by atoms with E-state index in [-0.39, 0.29) is 6.03 Å². The Morgan fingerprint density at radius 2 is 2.24 bits per heavy atom. The van der Waals surface area contributed by atoms with Crippen molar-refractivity contribution < 1.29 is 19.4 Å². The average Bonchev–Trinajstić information content (AvgIpc) is 2.77. The van der Waals surface area contributed by atoms with E-state index in [0.717, 1.165) is 6.42 Å². The van der Waals surface area contributed by atoms with E-state index in [1.54, 1.807) is 7.05 Å². The van der Waals surface area contributed by atoms with E-state index in [4.69, 9.17) is 9.84 Å². The van der Waals surface area contributed by atoms with Crippen molar-refractivity contribution in [3.63, 3.8) is 0 Å². The van der Waals surface area contributed by atoms with Gasteiger partial charge in [0.15, 0.2) is 0 Å². The first-order valence-electron chi connectivity index (χ1n) is 5.90. The van der Waals surface area contributed by atoms with E-state index in [2.05, 4.69) is 0 Å². The molecule has 0 aromatic carbocycles. The summed E-state index contributed by atoms with van der Waals surface area (Å²) in [6.07, 6.45) is 1.29. The number of carbonyl (C=O) groups excluding carboxylic acids is 1. The Morgan fingerprint density at radius 1 is 1.53 bits per heavy atom. The zero-order chi connectivity index (χ0) is 12.8. The summed E-state index contributed by atoms with van der Waals surface area (Å²) in [7, 11) is 1.67. The van der Waals surface area contributed by atoms with Crippen LogP contribution in [0.15, 0.2) is 0 Å². The van der Waals surface area contributed by atoms with Gasteiger partial charge in [0, 0.05) is 26.7 Å². The molecule has 0 spiro atoms. The molecule has 1 fully saturated rings. The van der Waals surface area contributed by atoms with Crippen LogP contribution in [-0.2, 0) is 9.53 Å². The summed E-state index contributed by atoms with van der Waals surface area (Å²) in [5.41, 5.74) is 0. The maximum absolute atomic E-state index is 12.0. The maximum atomic E-state index is 12.0. The first kappa shape index (κ1) is 13.8. The molecule has 1 saturated heterocycles. The fraction of sp³-hybridized carbons (Fsp3) is 0.818. The molecule has 6 nitrogen and oxygen atoms in total. The molecule has 0 saturated carbocycles. The van der Waals surface area contributed by atoms with Crippen molar-refractivity contribution in [2.75, 3.05) is 33.4 Å². The molecule has 1 atom stereocenters. The van der Waals surface area contributed by atoms with Crippen LogP contribution in [0.25, 0.3) is 0 Å². The van der Waals surface area contributed by atoms with E-state index in [1.807, 2.05) is 6.92 Å². The van der Waals surface area contributed by atoms with Gasteiger partial charge in [-0.25, -0.2) is 9.59 Å². The van der Waals surface area contributed by atoms with E-state index in [0.29, 0.717) is 32.7 Å². The predicted octanol–water partition coefficient (Wildman–Crippen LogP) is 0.624. The molecule has 1 aliphatic rings. The van der Waals surface area contributed by atoms with Crippen LogP contribution in [0.4, 0.5) is 4.79 Å². The number of aliphatic carboxylic acids is 1. The zero-order valence-corrected chi connectivity index (χ0v) is 10.4. The number of carbonyl (C=O) groups is 2. The van der Waals surface area contributed by atoms with Crippen LogP contribution in [0, 0.1) is 0 Å². The number of likely N-dealkylation sites (N-methyl/N-ethyl adjacent to an activating group) is 1. The lowest BCUT2D eigenvalue weighted by Gasteiger charge is -2.27. The number of hydrogen-bond acceptors (Lipinski definition) is 3.